The summed E-state index contributed by atoms with van der Waals surface area (Å²) in [6.45, 7) is 8.88. The summed E-state index contributed by atoms with van der Waals surface area (Å²) >= 11 is 0. The van der Waals surface area contributed by atoms with Crippen LogP contribution in [-0.2, 0) is 13.0 Å². The highest BCUT2D eigenvalue weighted by molar-refractivity contribution is 5.80. The molecule has 1 aliphatic rings. The first kappa shape index (κ1) is 22.1. The number of nitrogens with one attached hydrogen (secondary N) is 2. The second kappa shape index (κ2) is 11.6. The number of aromatic nitrogens is 1. The zero-order chi connectivity index (χ0) is 21.2. The van der Waals surface area contributed by atoms with Gasteiger partial charge in [0.2, 0.25) is 0 Å². The number of aliphatic imine (C=N–C) groups is 1. The van der Waals surface area contributed by atoms with Crippen molar-refractivity contribution < 1.29 is 4.74 Å². The van der Waals surface area contributed by atoms with Crippen LogP contribution in [0.5, 0.6) is 5.75 Å². The van der Waals surface area contributed by atoms with Crippen LogP contribution in [0, 0.1) is 6.92 Å². The molecule has 0 aliphatic carbocycles. The Bertz CT molecular complexity index is 800. The van der Waals surface area contributed by atoms with Crippen molar-refractivity contribution in [1.29, 1.82) is 0 Å². The Morgan fingerprint density at radius 3 is 2.77 bits per heavy atom. The van der Waals surface area contributed by atoms with E-state index in [0.29, 0.717) is 6.04 Å². The summed E-state index contributed by atoms with van der Waals surface area (Å²) in [5.74, 6) is 1.86. The van der Waals surface area contributed by atoms with E-state index < -0.39 is 0 Å². The van der Waals surface area contributed by atoms with E-state index in [-0.39, 0.29) is 0 Å². The van der Waals surface area contributed by atoms with Gasteiger partial charge in [-0.1, -0.05) is 18.2 Å². The molecular weight excluding hydrogens is 374 g/mol. The van der Waals surface area contributed by atoms with Gasteiger partial charge in [0, 0.05) is 45.0 Å². The summed E-state index contributed by atoms with van der Waals surface area (Å²) in [6.07, 6.45) is 5.00. The van der Waals surface area contributed by atoms with Crippen molar-refractivity contribution in [1.82, 2.24) is 20.5 Å². The van der Waals surface area contributed by atoms with Crippen LogP contribution in [0.25, 0.3) is 0 Å². The molecular formula is C24H35N5O. The minimum atomic E-state index is 0.460. The molecule has 3 rings (SSSR count). The normalized spacial score (nSPS) is 15.8. The van der Waals surface area contributed by atoms with Crippen molar-refractivity contribution >= 4 is 5.96 Å². The average molecular weight is 410 g/mol. The summed E-state index contributed by atoms with van der Waals surface area (Å²) in [7, 11) is 1.72. The first-order chi connectivity index (χ1) is 14.7. The molecule has 0 spiro atoms. The van der Waals surface area contributed by atoms with Crippen molar-refractivity contribution in [2.45, 2.75) is 45.7 Å². The van der Waals surface area contributed by atoms with Gasteiger partial charge in [0.1, 0.15) is 5.75 Å². The molecule has 2 aromatic rings. The molecule has 1 aromatic heterocycles. The van der Waals surface area contributed by atoms with Gasteiger partial charge in [-0.25, -0.2) is 0 Å². The summed E-state index contributed by atoms with van der Waals surface area (Å²) in [5, 5.41) is 7.02. The predicted molar refractivity (Wildman–Crippen MR) is 123 cm³/mol. The Labute approximate surface area is 180 Å². The number of rotatable bonds is 8. The predicted octanol–water partition coefficient (Wildman–Crippen LogP) is 3.16. The van der Waals surface area contributed by atoms with Gasteiger partial charge in [-0.3, -0.25) is 14.9 Å². The van der Waals surface area contributed by atoms with E-state index in [0.717, 1.165) is 75.0 Å². The summed E-state index contributed by atoms with van der Waals surface area (Å²) in [5.41, 5.74) is 3.56. The second-order valence-corrected chi connectivity index (χ2v) is 7.83. The number of pyridine rings is 1. The van der Waals surface area contributed by atoms with Gasteiger partial charge in [-0.05, 0) is 62.4 Å². The monoisotopic (exact) mass is 409 g/mol. The minimum absolute atomic E-state index is 0.460. The molecule has 30 heavy (non-hydrogen) atoms. The van der Waals surface area contributed by atoms with Crippen molar-refractivity contribution in [2.75, 3.05) is 33.3 Å². The van der Waals surface area contributed by atoms with E-state index in [1.165, 1.54) is 5.56 Å². The first-order valence-corrected chi connectivity index (χ1v) is 11.0. The van der Waals surface area contributed by atoms with Crippen LogP contribution >= 0.6 is 0 Å². The lowest BCUT2D eigenvalue weighted by Crippen LogP contribution is -2.48. The average Bonchev–Trinajstić information content (AvgIpc) is 2.77. The van der Waals surface area contributed by atoms with E-state index in [9.17, 15) is 0 Å². The molecule has 0 amide bonds. The number of guanidine groups is 1. The quantitative estimate of drug-likeness (QED) is 0.518. The largest absolute Gasteiger partial charge is 0.496 e. The highest BCUT2D eigenvalue weighted by Gasteiger charge is 2.20. The molecule has 0 unspecified atom stereocenters. The van der Waals surface area contributed by atoms with Gasteiger partial charge in [0.25, 0.3) is 0 Å². The van der Waals surface area contributed by atoms with Gasteiger partial charge in [0.15, 0.2) is 5.96 Å². The van der Waals surface area contributed by atoms with Crippen molar-refractivity contribution in [3.63, 3.8) is 0 Å². The lowest BCUT2D eigenvalue weighted by Gasteiger charge is -2.32. The second-order valence-electron chi connectivity index (χ2n) is 7.83. The standard InChI is InChI=1S/C24H35N5O/c1-4-25-24(27-14-10-20-9-8-19(2)23(17-20)30-3)28-21-11-15-29(16-12-21)18-22-7-5-6-13-26-22/h5-9,13,17,21H,4,10-12,14-16,18H2,1-3H3,(H2,25,27,28). The maximum atomic E-state index is 5.43. The van der Waals surface area contributed by atoms with Crippen LogP contribution in [0.15, 0.2) is 47.6 Å². The third kappa shape index (κ3) is 6.73. The number of hydrogen-bond donors (Lipinski definition) is 2. The fraction of sp³-hybridized carbons (Fsp3) is 0.500. The first-order valence-electron chi connectivity index (χ1n) is 11.0. The molecule has 2 heterocycles. The van der Waals surface area contributed by atoms with Gasteiger partial charge < -0.3 is 15.4 Å². The van der Waals surface area contributed by atoms with Crippen molar-refractivity contribution in [3.05, 3.63) is 59.4 Å². The van der Waals surface area contributed by atoms with Crippen LogP contribution in [0.3, 0.4) is 0 Å². The molecule has 1 aromatic carbocycles. The zero-order valence-electron chi connectivity index (χ0n) is 18.5. The molecule has 6 nitrogen and oxygen atoms in total. The Kier molecular flexibility index (Phi) is 8.51. The number of nitrogens with zero attached hydrogens (tertiary/aromatic N) is 3. The smallest absolute Gasteiger partial charge is 0.191 e. The molecule has 2 N–H and O–H groups in total. The van der Waals surface area contributed by atoms with Gasteiger partial charge in [-0.2, -0.15) is 0 Å². The fourth-order valence-electron chi connectivity index (χ4n) is 3.79. The van der Waals surface area contributed by atoms with E-state index in [2.05, 4.69) is 64.7 Å². The number of methoxy groups -OCH3 is 1. The van der Waals surface area contributed by atoms with Gasteiger partial charge >= 0.3 is 0 Å². The number of piperidine rings is 1. The third-order valence-electron chi connectivity index (χ3n) is 5.53. The Morgan fingerprint density at radius 2 is 2.07 bits per heavy atom. The topological polar surface area (TPSA) is 61.8 Å². The highest BCUT2D eigenvalue weighted by atomic mass is 16.5. The fourth-order valence-corrected chi connectivity index (χ4v) is 3.79. The number of hydrogen-bond acceptors (Lipinski definition) is 4. The minimum Gasteiger partial charge on any atom is -0.496 e. The summed E-state index contributed by atoms with van der Waals surface area (Å²) < 4.78 is 5.43. The molecule has 1 fully saturated rings. The number of aryl methyl sites for hydroxylation is 1. The zero-order valence-corrected chi connectivity index (χ0v) is 18.5. The van der Waals surface area contributed by atoms with Gasteiger partial charge in [-0.15, -0.1) is 0 Å². The van der Waals surface area contributed by atoms with Crippen LogP contribution in [0.1, 0.15) is 36.6 Å². The number of ether oxygens (including phenoxy) is 1. The van der Waals surface area contributed by atoms with Crippen LogP contribution in [0.4, 0.5) is 0 Å². The molecule has 162 valence electrons. The molecule has 0 saturated carbocycles. The van der Waals surface area contributed by atoms with E-state index >= 15 is 0 Å². The lowest BCUT2D eigenvalue weighted by atomic mass is 10.0. The molecule has 6 heteroatoms. The van der Waals surface area contributed by atoms with Crippen molar-refractivity contribution in [3.8, 4) is 5.75 Å². The molecule has 0 bridgehead atoms. The summed E-state index contributed by atoms with van der Waals surface area (Å²) in [6, 6.07) is 13.0. The van der Waals surface area contributed by atoms with E-state index in [1.54, 1.807) is 7.11 Å². The van der Waals surface area contributed by atoms with Crippen LogP contribution in [-0.4, -0.2) is 55.2 Å². The van der Waals surface area contributed by atoms with Gasteiger partial charge in [0.05, 0.1) is 12.8 Å². The summed E-state index contributed by atoms with van der Waals surface area (Å²) in [4.78, 5) is 11.7. The van der Waals surface area contributed by atoms with Crippen molar-refractivity contribution in [2.24, 2.45) is 4.99 Å². The Hall–Kier alpha value is -2.60. The molecule has 0 atom stereocenters. The Morgan fingerprint density at radius 1 is 1.23 bits per heavy atom. The van der Waals surface area contributed by atoms with E-state index in [1.807, 2.05) is 12.3 Å². The maximum Gasteiger partial charge on any atom is 0.191 e. The molecule has 1 aliphatic heterocycles. The highest BCUT2D eigenvalue weighted by Crippen LogP contribution is 2.19. The maximum absolute atomic E-state index is 5.43. The Balaban J connectivity index is 1.47. The number of likely N-dealkylation sites (tertiary alicyclic amines) is 1. The molecule has 1 saturated heterocycles. The number of benzene rings is 1. The lowest BCUT2D eigenvalue weighted by molar-refractivity contribution is 0.196. The SMILES string of the molecule is CCNC(=NCCc1ccc(C)c(OC)c1)NC1CCN(Cc2ccccn2)CC1. The third-order valence-corrected chi connectivity index (χ3v) is 5.53. The van der Waals surface area contributed by atoms with Crippen LogP contribution in [0.2, 0.25) is 0 Å². The van der Waals surface area contributed by atoms with E-state index in [4.69, 9.17) is 9.73 Å². The molecule has 0 radical (unpaired) electrons. The van der Waals surface area contributed by atoms with Crippen LogP contribution < -0.4 is 15.4 Å².